The Hall–Kier alpha value is -5.00. The van der Waals surface area contributed by atoms with Crippen molar-refractivity contribution in [3.8, 4) is 11.4 Å². The summed E-state index contributed by atoms with van der Waals surface area (Å²) in [6, 6.07) is 34.1. The average Bonchev–Trinajstić information content (AvgIpc) is 3.63. The summed E-state index contributed by atoms with van der Waals surface area (Å²) >= 11 is 1.70. The highest BCUT2D eigenvalue weighted by atomic mass is 32.1. The molecule has 0 atom stereocenters. The topological polar surface area (TPSA) is 35.6 Å². The van der Waals surface area contributed by atoms with Crippen molar-refractivity contribution in [2.75, 3.05) is 0 Å². The van der Waals surface area contributed by atoms with Crippen molar-refractivity contribution in [1.82, 2.24) is 19.1 Å². The molecule has 0 fully saturated rings. The van der Waals surface area contributed by atoms with Crippen molar-refractivity contribution >= 4 is 76.9 Å². The van der Waals surface area contributed by atoms with E-state index in [1.165, 1.54) is 10.1 Å². The first-order valence-corrected chi connectivity index (χ1v) is 14.2. The zero-order chi connectivity index (χ0) is 26.8. The molecule has 0 aliphatic carbocycles. The van der Waals surface area contributed by atoms with E-state index in [1.54, 1.807) is 11.3 Å². The van der Waals surface area contributed by atoms with Crippen LogP contribution in [0.5, 0.6) is 0 Å². The average molecular weight is 533 g/mol. The summed E-state index contributed by atoms with van der Waals surface area (Å²) < 4.78 is 5.75. The fourth-order valence-corrected chi connectivity index (χ4v) is 6.96. The molecule has 0 radical (unpaired) electrons. The van der Waals surface area contributed by atoms with Gasteiger partial charge in [0.05, 0.1) is 16.7 Å². The zero-order valence-corrected chi connectivity index (χ0v) is 22.7. The molecule has 0 saturated heterocycles. The van der Waals surface area contributed by atoms with Gasteiger partial charge in [-0.3, -0.25) is 4.57 Å². The van der Waals surface area contributed by atoms with E-state index in [0.29, 0.717) is 0 Å². The molecule has 0 spiro atoms. The second-order valence-electron chi connectivity index (χ2n) is 9.87. The Labute approximate surface area is 234 Å². The van der Waals surface area contributed by atoms with E-state index in [9.17, 15) is 0 Å². The van der Waals surface area contributed by atoms with Gasteiger partial charge in [-0.15, -0.1) is 11.3 Å². The number of fused-ring (bicyclic) bond motifs is 7. The number of rotatable bonds is 4. The van der Waals surface area contributed by atoms with Crippen molar-refractivity contribution in [1.29, 1.82) is 0 Å². The maximum Gasteiger partial charge on any atom is 0.166 e. The fraction of sp³-hybridized carbons (Fsp3) is 0.0286. The second-order valence-corrected chi connectivity index (χ2v) is 10.9. The molecule has 0 amide bonds. The molecule has 0 aliphatic rings. The predicted molar refractivity (Wildman–Crippen MR) is 171 cm³/mol. The maximum atomic E-state index is 5.20. The molecule has 8 rings (SSSR count). The largest absolute Gasteiger partial charge is 0.309 e. The zero-order valence-electron chi connectivity index (χ0n) is 21.9. The van der Waals surface area contributed by atoms with Gasteiger partial charge >= 0.3 is 0 Å². The first-order chi connectivity index (χ1) is 19.8. The Morgan fingerprint density at radius 3 is 2.02 bits per heavy atom. The van der Waals surface area contributed by atoms with Crippen molar-refractivity contribution in [2.24, 2.45) is 0 Å². The van der Waals surface area contributed by atoms with Crippen LogP contribution in [0.1, 0.15) is 18.2 Å². The maximum absolute atomic E-state index is 5.20. The molecule has 5 heteroatoms. The number of para-hydroxylation sites is 2. The van der Waals surface area contributed by atoms with Crippen LogP contribution in [-0.4, -0.2) is 19.1 Å². The van der Waals surface area contributed by atoms with Crippen LogP contribution in [-0.2, 0) is 0 Å². The molecule has 4 heterocycles. The van der Waals surface area contributed by atoms with Crippen molar-refractivity contribution < 1.29 is 0 Å². The van der Waals surface area contributed by atoms with E-state index >= 15 is 0 Å². The van der Waals surface area contributed by atoms with Crippen molar-refractivity contribution in [3.63, 3.8) is 0 Å². The summed E-state index contributed by atoms with van der Waals surface area (Å²) in [5.74, 6) is 0. The highest BCUT2D eigenvalue weighted by Crippen LogP contribution is 2.37. The standard InChI is InChI=1S/C35H24N4S/c1-3-11-28-24(4-2)25-12-5-8-15-29(25)38(28)22-18-20-23(21-19-22)39-30-16-9-6-13-26(30)32-34(39)37-35-33(36-32)27-14-7-10-17-31(27)40-35/h3-21H,2H2,1H3/b11-3-. The number of nitrogens with zero attached hydrogens (tertiary/aromatic N) is 4. The van der Waals surface area contributed by atoms with Crippen molar-refractivity contribution in [2.45, 2.75) is 6.92 Å². The highest BCUT2D eigenvalue weighted by Gasteiger charge is 2.19. The summed E-state index contributed by atoms with van der Waals surface area (Å²) in [6.07, 6.45) is 6.19. The fourth-order valence-electron chi connectivity index (χ4n) is 5.94. The third-order valence-electron chi connectivity index (χ3n) is 7.65. The molecule has 0 saturated carbocycles. The highest BCUT2D eigenvalue weighted by molar-refractivity contribution is 7.25. The molecule has 0 aliphatic heterocycles. The quantitative estimate of drug-likeness (QED) is 0.226. The number of aromatic nitrogens is 4. The van der Waals surface area contributed by atoms with Gasteiger partial charge < -0.3 is 4.57 Å². The van der Waals surface area contributed by atoms with Gasteiger partial charge in [0.15, 0.2) is 5.65 Å². The normalized spacial score (nSPS) is 12.1. The molecule has 4 aromatic carbocycles. The van der Waals surface area contributed by atoms with Gasteiger partial charge in [-0.1, -0.05) is 73.3 Å². The molecule has 4 nitrogen and oxygen atoms in total. The number of hydrogen-bond donors (Lipinski definition) is 0. The Morgan fingerprint density at radius 2 is 1.30 bits per heavy atom. The van der Waals surface area contributed by atoms with Gasteiger partial charge in [0.25, 0.3) is 0 Å². The number of benzene rings is 4. The summed E-state index contributed by atoms with van der Waals surface area (Å²) in [6.45, 7) is 6.16. The lowest BCUT2D eigenvalue weighted by Crippen LogP contribution is -2.00. The van der Waals surface area contributed by atoms with E-state index in [0.717, 1.165) is 65.9 Å². The number of allylic oxidation sites excluding steroid dienone is 1. The Bertz CT molecular complexity index is 2290. The second kappa shape index (κ2) is 8.76. The third kappa shape index (κ3) is 3.19. The van der Waals surface area contributed by atoms with Gasteiger partial charge in [-0.05, 0) is 55.5 Å². The molecular formula is C35H24N4S. The molecular weight excluding hydrogens is 508 g/mol. The molecule has 0 N–H and O–H groups in total. The molecule has 40 heavy (non-hydrogen) atoms. The van der Waals surface area contributed by atoms with Crippen LogP contribution in [0.15, 0.2) is 110 Å². The lowest BCUT2D eigenvalue weighted by atomic mass is 10.1. The van der Waals surface area contributed by atoms with E-state index in [-0.39, 0.29) is 0 Å². The summed E-state index contributed by atoms with van der Waals surface area (Å²) in [5, 5.41) is 3.46. The van der Waals surface area contributed by atoms with E-state index < -0.39 is 0 Å². The predicted octanol–water partition coefficient (Wildman–Crippen LogP) is 9.56. The van der Waals surface area contributed by atoms with E-state index in [2.05, 4.69) is 132 Å². The minimum Gasteiger partial charge on any atom is -0.309 e. The van der Waals surface area contributed by atoms with Gasteiger partial charge in [-0.2, -0.15) is 0 Å². The first-order valence-electron chi connectivity index (χ1n) is 13.3. The molecule has 190 valence electrons. The third-order valence-corrected chi connectivity index (χ3v) is 8.71. The lowest BCUT2D eigenvalue weighted by Gasteiger charge is -2.12. The van der Waals surface area contributed by atoms with Gasteiger partial charge in [0, 0.05) is 37.8 Å². The van der Waals surface area contributed by atoms with Crippen LogP contribution in [0.25, 0.3) is 76.9 Å². The van der Waals surface area contributed by atoms with Crippen LogP contribution < -0.4 is 0 Å². The summed E-state index contributed by atoms with van der Waals surface area (Å²) in [7, 11) is 0. The van der Waals surface area contributed by atoms with Crippen LogP contribution in [0.3, 0.4) is 0 Å². The van der Waals surface area contributed by atoms with Gasteiger partial charge in [0.1, 0.15) is 15.9 Å². The Balaban J connectivity index is 1.36. The molecule has 8 aromatic rings. The molecule has 4 aromatic heterocycles. The monoisotopic (exact) mass is 532 g/mol. The van der Waals surface area contributed by atoms with Crippen LogP contribution in [0.4, 0.5) is 0 Å². The van der Waals surface area contributed by atoms with Crippen molar-refractivity contribution in [3.05, 3.63) is 121 Å². The lowest BCUT2D eigenvalue weighted by molar-refractivity contribution is 1.09. The Morgan fingerprint density at radius 1 is 0.675 bits per heavy atom. The minimum absolute atomic E-state index is 0.878. The van der Waals surface area contributed by atoms with Gasteiger partial charge in [0.2, 0.25) is 0 Å². The summed E-state index contributed by atoms with van der Waals surface area (Å²) in [5.41, 5.74) is 9.46. The van der Waals surface area contributed by atoms with E-state index in [1.807, 2.05) is 6.08 Å². The van der Waals surface area contributed by atoms with Crippen LogP contribution >= 0.6 is 11.3 Å². The summed E-state index contributed by atoms with van der Waals surface area (Å²) in [4.78, 5) is 11.3. The smallest absolute Gasteiger partial charge is 0.166 e. The molecule has 0 unspecified atom stereocenters. The van der Waals surface area contributed by atoms with Crippen LogP contribution in [0, 0.1) is 0 Å². The van der Waals surface area contributed by atoms with E-state index in [4.69, 9.17) is 9.97 Å². The molecule has 0 bridgehead atoms. The first kappa shape index (κ1) is 22.9. The van der Waals surface area contributed by atoms with Gasteiger partial charge in [-0.25, -0.2) is 9.97 Å². The SMILES string of the molecule is C=Cc1c(/C=C\C)n(-c2ccc(-n3c4ccccc4c4nc5c(nc43)sc3ccccc35)cc2)c2ccccc12. The minimum atomic E-state index is 0.878. The van der Waals surface area contributed by atoms with Crippen LogP contribution in [0.2, 0.25) is 0 Å². The Kier molecular flexibility index (Phi) is 5.03. The number of thiophene rings is 1. The number of hydrogen-bond acceptors (Lipinski definition) is 3.